The number of hydrogen-bond acceptors (Lipinski definition) is 11. The van der Waals surface area contributed by atoms with Crippen LogP contribution in [0, 0.1) is 0 Å². The van der Waals surface area contributed by atoms with Crippen molar-refractivity contribution in [3.63, 3.8) is 0 Å². The van der Waals surface area contributed by atoms with Gasteiger partial charge in [-0.05, 0) is 29.8 Å². The number of esters is 4. The molecule has 1 aliphatic rings. The van der Waals surface area contributed by atoms with Gasteiger partial charge in [0.15, 0.2) is 12.2 Å². The predicted molar refractivity (Wildman–Crippen MR) is 137 cm³/mol. The summed E-state index contributed by atoms with van der Waals surface area (Å²) >= 11 is 0. The molecule has 0 bridgehead atoms. The quantitative estimate of drug-likeness (QED) is 0.337. The maximum atomic E-state index is 13.2. The van der Waals surface area contributed by atoms with Crippen LogP contribution in [0.1, 0.15) is 43.6 Å². The van der Waals surface area contributed by atoms with Crippen molar-refractivity contribution < 1.29 is 52.4 Å². The van der Waals surface area contributed by atoms with Crippen LogP contribution in [0.2, 0.25) is 0 Å². The van der Waals surface area contributed by atoms with E-state index in [0.717, 1.165) is 33.3 Å². The van der Waals surface area contributed by atoms with Gasteiger partial charge in [-0.2, -0.15) is 0 Å². The molecule has 0 aromatic heterocycles. The summed E-state index contributed by atoms with van der Waals surface area (Å²) in [5, 5.41) is 2.65. The highest BCUT2D eigenvalue weighted by Crippen LogP contribution is 2.28. The van der Waals surface area contributed by atoms with Gasteiger partial charge in [0.2, 0.25) is 6.29 Å². The van der Waals surface area contributed by atoms with Gasteiger partial charge in [0.1, 0.15) is 31.1 Å². The fourth-order valence-electron chi connectivity index (χ4n) is 4.00. The standard InChI is InChI=1S/C28H31NO11/c1-16(30)35-15-23-25(37-17(2)31)26(38-18(3)32)24(28(40-23)39-19(4)33)29-27(34)21-10-12-22(13-11-21)36-14-20-8-6-5-7-9-20/h5-13,23-26,28H,14-15H2,1-4H3,(H,29,34)/t23-,24+,25+,26+,28-/m0/s1. The molecule has 1 heterocycles. The largest absolute Gasteiger partial charge is 0.489 e. The van der Waals surface area contributed by atoms with Gasteiger partial charge in [-0.3, -0.25) is 24.0 Å². The van der Waals surface area contributed by atoms with E-state index in [1.54, 1.807) is 12.1 Å². The third kappa shape index (κ3) is 8.80. The number of rotatable bonds is 10. The molecule has 1 saturated heterocycles. The summed E-state index contributed by atoms with van der Waals surface area (Å²) in [6.45, 7) is 4.46. The topological polar surface area (TPSA) is 153 Å². The minimum Gasteiger partial charge on any atom is -0.489 e. The zero-order valence-corrected chi connectivity index (χ0v) is 22.5. The molecule has 12 heteroatoms. The first-order chi connectivity index (χ1) is 19.0. The SMILES string of the molecule is CC(=O)OC[C@@H]1O[C@H](OC(C)=O)[C@H](NC(=O)c2ccc(OCc3ccccc3)cc2)[C@@H](OC(C)=O)[C@@H]1OC(C)=O. The molecule has 3 rings (SSSR count). The number of hydrogen-bond donors (Lipinski definition) is 1. The molecule has 0 spiro atoms. The maximum Gasteiger partial charge on any atom is 0.305 e. The van der Waals surface area contributed by atoms with Crippen molar-refractivity contribution in [3.8, 4) is 5.75 Å². The van der Waals surface area contributed by atoms with E-state index in [2.05, 4.69) is 5.32 Å². The van der Waals surface area contributed by atoms with Gasteiger partial charge >= 0.3 is 23.9 Å². The third-order valence-corrected chi connectivity index (χ3v) is 5.65. The summed E-state index contributed by atoms with van der Waals surface area (Å²) in [5.74, 6) is -3.03. The number of amides is 1. The van der Waals surface area contributed by atoms with Gasteiger partial charge in [-0.1, -0.05) is 30.3 Å². The van der Waals surface area contributed by atoms with E-state index in [9.17, 15) is 24.0 Å². The van der Waals surface area contributed by atoms with Gasteiger partial charge in [0.05, 0.1) is 0 Å². The molecular formula is C28H31NO11. The van der Waals surface area contributed by atoms with Crippen LogP contribution in [0.3, 0.4) is 0 Å². The second kappa shape index (κ2) is 14.1. The van der Waals surface area contributed by atoms with Crippen LogP contribution < -0.4 is 10.1 Å². The Hall–Kier alpha value is -4.45. The van der Waals surface area contributed by atoms with Crippen LogP contribution >= 0.6 is 0 Å². The highest BCUT2D eigenvalue weighted by atomic mass is 16.7. The Morgan fingerprint density at radius 1 is 0.750 bits per heavy atom. The molecular weight excluding hydrogens is 526 g/mol. The average Bonchev–Trinajstić information content (AvgIpc) is 2.89. The summed E-state index contributed by atoms with van der Waals surface area (Å²) in [6.07, 6.45) is -5.34. The van der Waals surface area contributed by atoms with Crippen molar-refractivity contribution in [2.75, 3.05) is 6.61 Å². The second-order valence-corrected chi connectivity index (χ2v) is 8.90. The Bertz CT molecular complexity index is 1200. The normalized spacial score (nSPS) is 21.9. The number of carbonyl (C=O) groups excluding carboxylic acids is 5. The molecule has 0 unspecified atom stereocenters. The monoisotopic (exact) mass is 557 g/mol. The molecule has 0 aliphatic carbocycles. The van der Waals surface area contributed by atoms with Crippen molar-refractivity contribution in [1.82, 2.24) is 5.32 Å². The Morgan fingerprint density at radius 2 is 1.35 bits per heavy atom. The highest BCUT2D eigenvalue weighted by molar-refractivity contribution is 5.94. The van der Waals surface area contributed by atoms with Crippen molar-refractivity contribution in [1.29, 1.82) is 0 Å². The van der Waals surface area contributed by atoms with Gasteiger partial charge in [-0.15, -0.1) is 0 Å². The molecule has 214 valence electrons. The van der Waals surface area contributed by atoms with Crippen LogP contribution in [0.25, 0.3) is 0 Å². The molecule has 40 heavy (non-hydrogen) atoms. The summed E-state index contributed by atoms with van der Waals surface area (Å²) in [4.78, 5) is 60.4. The molecule has 2 aromatic carbocycles. The third-order valence-electron chi connectivity index (χ3n) is 5.65. The molecule has 1 aliphatic heterocycles. The van der Waals surface area contributed by atoms with E-state index in [-0.39, 0.29) is 5.56 Å². The molecule has 1 N–H and O–H groups in total. The first kappa shape index (κ1) is 30.1. The molecule has 0 radical (unpaired) electrons. The van der Waals surface area contributed by atoms with Crippen LogP contribution in [-0.2, 0) is 49.5 Å². The Labute approximate surface area is 230 Å². The molecule has 1 amide bonds. The summed E-state index contributed by atoms with van der Waals surface area (Å²) in [7, 11) is 0. The number of benzene rings is 2. The van der Waals surface area contributed by atoms with E-state index in [1.807, 2.05) is 30.3 Å². The van der Waals surface area contributed by atoms with Gasteiger partial charge < -0.3 is 33.7 Å². The lowest BCUT2D eigenvalue weighted by Gasteiger charge is -2.44. The molecule has 2 aromatic rings. The lowest BCUT2D eigenvalue weighted by atomic mass is 9.95. The van der Waals surface area contributed by atoms with Crippen LogP contribution in [-0.4, -0.2) is 67.0 Å². The van der Waals surface area contributed by atoms with Crippen molar-refractivity contribution in [3.05, 3.63) is 65.7 Å². The van der Waals surface area contributed by atoms with Crippen molar-refractivity contribution in [2.45, 2.75) is 64.9 Å². The summed E-state index contributed by atoms with van der Waals surface area (Å²) in [5.41, 5.74) is 1.19. The zero-order chi connectivity index (χ0) is 29.2. The first-order valence-corrected chi connectivity index (χ1v) is 12.4. The zero-order valence-electron chi connectivity index (χ0n) is 22.5. The summed E-state index contributed by atoms with van der Waals surface area (Å²) in [6, 6.07) is 14.5. The van der Waals surface area contributed by atoms with E-state index in [0.29, 0.717) is 12.4 Å². The van der Waals surface area contributed by atoms with Gasteiger partial charge in [-0.25, -0.2) is 0 Å². The lowest BCUT2D eigenvalue weighted by molar-refractivity contribution is -0.270. The van der Waals surface area contributed by atoms with E-state index >= 15 is 0 Å². The van der Waals surface area contributed by atoms with E-state index in [4.69, 9.17) is 28.4 Å². The van der Waals surface area contributed by atoms with Crippen molar-refractivity contribution >= 4 is 29.8 Å². The Kier molecular flexibility index (Phi) is 10.6. The van der Waals surface area contributed by atoms with Crippen LogP contribution in [0.15, 0.2) is 54.6 Å². The Balaban J connectivity index is 1.83. The van der Waals surface area contributed by atoms with Crippen LogP contribution in [0.5, 0.6) is 5.75 Å². The van der Waals surface area contributed by atoms with Gasteiger partial charge in [0, 0.05) is 33.3 Å². The van der Waals surface area contributed by atoms with Gasteiger partial charge in [0.25, 0.3) is 5.91 Å². The number of nitrogens with one attached hydrogen (secondary N) is 1. The summed E-state index contributed by atoms with van der Waals surface area (Å²) < 4.78 is 32.6. The molecule has 5 atom stereocenters. The van der Waals surface area contributed by atoms with E-state index in [1.165, 1.54) is 12.1 Å². The minimum atomic E-state index is -1.48. The molecule has 1 fully saturated rings. The fourth-order valence-corrected chi connectivity index (χ4v) is 4.00. The maximum absolute atomic E-state index is 13.2. The fraction of sp³-hybridized carbons (Fsp3) is 0.393. The van der Waals surface area contributed by atoms with Crippen LogP contribution in [0.4, 0.5) is 0 Å². The average molecular weight is 558 g/mol. The number of carbonyl (C=O) groups is 5. The van der Waals surface area contributed by atoms with E-state index < -0.39 is 67.0 Å². The first-order valence-electron chi connectivity index (χ1n) is 12.4. The lowest BCUT2D eigenvalue weighted by Crippen LogP contribution is -2.67. The van der Waals surface area contributed by atoms with Crippen molar-refractivity contribution in [2.24, 2.45) is 0 Å². The Morgan fingerprint density at radius 3 is 1.93 bits per heavy atom. The second-order valence-electron chi connectivity index (χ2n) is 8.90. The highest BCUT2D eigenvalue weighted by Gasteiger charge is 2.52. The molecule has 12 nitrogen and oxygen atoms in total. The molecule has 0 saturated carbocycles. The predicted octanol–water partition coefficient (Wildman–Crippen LogP) is 2.08. The minimum absolute atomic E-state index is 0.210. The smallest absolute Gasteiger partial charge is 0.305 e. The number of ether oxygens (including phenoxy) is 6.